The minimum Gasteiger partial charge on any atom is -0.491 e. The molecule has 5 N–H and O–H groups in total. The highest BCUT2D eigenvalue weighted by Crippen LogP contribution is 2.34. The predicted octanol–water partition coefficient (Wildman–Crippen LogP) is 2.86. The number of fused-ring (bicyclic) bond motifs is 2. The zero-order chi connectivity index (χ0) is 24.0. The van der Waals surface area contributed by atoms with Crippen molar-refractivity contribution in [3.8, 4) is 5.75 Å². The van der Waals surface area contributed by atoms with Crippen LogP contribution >= 0.6 is 11.3 Å². The van der Waals surface area contributed by atoms with Crippen LogP contribution in [0.25, 0.3) is 10.2 Å². The third-order valence-electron chi connectivity index (χ3n) is 6.35. The van der Waals surface area contributed by atoms with Gasteiger partial charge in [-0.15, -0.1) is 11.3 Å². The van der Waals surface area contributed by atoms with Crippen LogP contribution in [0.2, 0.25) is 0 Å². The zero-order valence-corrected chi connectivity index (χ0v) is 20.5. The van der Waals surface area contributed by atoms with E-state index in [2.05, 4.69) is 33.4 Å². The smallest absolute Gasteiger partial charge is 0.263 e. The van der Waals surface area contributed by atoms with Crippen molar-refractivity contribution in [2.45, 2.75) is 51.5 Å². The second-order valence-corrected chi connectivity index (χ2v) is 10.4. The standard InChI is InChI=1S/C25H31N5O3S/c1-13(2)33-21-11-30(10-19(21)26)17-6-5-15-8-16(12-32-20(15)9-17)29-24(31)23-22(27)18-7-4-14(3)28-25(18)34-23/h4-7,9,13,16,19,21H,8,10-12,26-27H2,1-3H3,(H,29,31)/t16-,19+,21+/m1/s1. The molecule has 3 aromatic rings. The Hall–Kier alpha value is -2.88. The molecule has 1 fully saturated rings. The second-order valence-electron chi connectivity index (χ2n) is 9.42. The Morgan fingerprint density at radius 2 is 2.12 bits per heavy atom. The van der Waals surface area contributed by atoms with Crippen LogP contribution in [-0.2, 0) is 11.2 Å². The van der Waals surface area contributed by atoms with E-state index in [1.54, 1.807) is 0 Å². The van der Waals surface area contributed by atoms with Gasteiger partial charge in [0.05, 0.1) is 30.0 Å². The van der Waals surface area contributed by atoms with Crippen LogP contribution in [0.15, 0.2) is 30.3 Å². The van der Waals surface area contributed by atoms with Crippen molar-refractivity contribution in [3.05, 3.63) is 46.5 Å². The number of anilines is 2. The van der Waals surface area contributed by atoms with Gasteiger partial charge in [-0.2, -0.15) is 0 Å². The third-order valence-corrected chi connectivity index (χ3v) is 7.47. The summed E-state index contributed by atoms with van der Waals surface area (Å²) < 4.78 is 12.0. The number of carbonyl (C=O) groups is 1. The fraction of sp³-hybridized carbons (Fsp3) is 0.440. The summed E-state index contributed by atoms with van der Waals surface area (Å²) in [5.74, 6) is 0.667. The fourth-order valence-electron chi connectivity index (χ4n) is 4.66. The van der Waals surface area contributed by atoms with Gasteiger partial charge in [-0.25, -0.2) is 4.98 Å². The first-order chi connectivity index (χ1) is 16.3. The largest absolute Gasteiger partial charge is 0.491 e. The average molecular weight is 482 g/mol. The Kier molecular flexibility index (Phi) is 6.09. The highest BCUT2D eigenvalue weighted by atomic mass is 32.1. The molecule has 1 amide bonds. The molecule has 8 nitrogen and oxygen atoms in total. The first kappa shape index (κ1) is 22.9. The van der Waals surface area contributed by atoms with E-state index in [0.717, 1.165) is 46.0 Å². The zero-order valence-electron chi connectivity index (χ0n) is 19.7. The van der Waals surface area contributed by atoms with E-state index in [0.29, 0.717) is 23.6 Å². The molecule has 4 heterocycles. The third kappa shape index (κ3) is 4.43. The topological polar surface area (TPSA) is 116 Å². The molecule has 0 saturated carbocycles. The van der Waals surface area contributed by atoms with Crippen molar-refractivity contribution in [1.82, 2.24) is 10.3 Å². The summed E-state index contributed by atoms with van der Waals surface area (Å²) in [5, 5.41) is 3.91. The van der Waals surface area contributed by atoms with Crippen LogP contribution in [0.3, 0.4) is 0 Å². The van der Waals surface area contributed by atoms with Crippen LogP contribution in [0, 0.1) is 6.92 Å². The minimum absolute atomic E-state index is 0.0144. The Bertz CT molecular complexity index is 1230. The van der Waals surface area contributed by atoms with Gasteiger partial charge in [0, 0.05) is 35.9 Å². The molecule has 0 spiro atoms. The Labute approximate surface area is 203 Å². The van der Waals surface area contributed by atoms with Gasteiger partial charge in [-0.1, -0.05) is 6.07 Å². The number of hydrogen-bond acceptors (Lipinski definition) is 8. The second kappa shape index (κ2) is 9.05. The van der Waals surface area contributed by atoms with Crippen molar-refractivity contribution in [2.75, 3.05) is 30.3 Å². The number of amides is 1. The molecule has 0 aliphatic carbocycles. The molecule has 1 saturated heterocycles. The summed E-state index contributed by atoms with van der Waals surface area (Å²) in [4.78, 5) is 21.0. The summed E-state index contributed by atoms with van der Waals surface area (Å²) in [6.07, 6.45) is 0.873. The molecule has 9 heteroatoms. The lowest BCUT2D eigenvalue weighted by atomic mass is 10.0. The summed E-state index contributed by atoms with van der Waals surface area (Å²) in [6.45, 7) is 7.91. The highest BCUT2D eigenvalue weighted by molar-refractivity contribution is 7.21. The van der Waals surface area contributed by atoms with Crippen LogP contribution in [-0.4, -0.2) is 54.9 Å². The molecular weight excluding hydrogens is 450 g/mol. The molecule has 0 bridgehead atoms. The highest BCUT2D eigenvalue weighted by Gasteiger charge is 2.32. The number of rotatable bonds is 5. The molecule has 0 radical (unpaired) electrons. The quantitative estimate of drug-likeness (QED) is 0.513. The lowest BCUT2D eigenvalue weighted by Crippen LogP contribution is -2.42. The summed E-state index contributed by atoms with van der Waals surface area (Å²) >= 11 is 1.33. The van der Waals surface area contributed by atoms with E-state index in [1.807, 2.05) is 32.9 Å². The number of hydrogen-bond donors (Lipinski definition) is 3. The lowest BCUT2D eigenvalue weighted by molar-refractivity contribution is 0.0127. The van der Waals surface area contributed by atoms with Crippen molar-refractivity contribution < 1.29 is 14.3 Å². The normalized spacial score (nSPS) is 22.1. The molecule has 34 heavy (non-hydrogen) atoms. The molecule has 0 unspecified atom stereocenters. The molecule has 2 aliphatic rings. The van der Waals surface area contributed by atoms with Crippen molar-refractivity contribution >= 4 is 38.8 Å². The molecule has 5 rings (SSSR count). The number of nitrogens with one attached hydrogen (secondary N) is 1. The van der Waals surface area contributed by atoms with Gasteiger partial charge in [-0.05, 0) is 51.0 Å². The molecule has 2 aliphatic heterocycles. The first-order valence-corrected chi connectivity index (χ1v) is 12.5. The van der Waals surface area contributed by atoms with E-state index in [-0.39, 0.29) is 30.2 Å². The maximum absolute atomic E-state index is 13.0. The fourth-order valence-corrected chi connectivity index (χ4v) is 5.71. The van der Waals surface area contributed by atoms with E-state index >= 15 is 0 Å². The van der Waals surface area contributed by atoms with Gasteiger partial charge in [0.2, 0.25) is 0 Å². The lowest BCUT2D eigenvalue weighted by Gasteiger charge is -2.28. The minimum atomic E-state index is -0.186. The number of aromatic nitrogens is 1. The van der Waals surface area contributed by atoms with Gasteiger partial charge in [-0.3, -0.25) is 4.79 Å². The Morgan fingerprint density at radius 1 is 1.29 bits per heavy atom. The molecule has 1 aromatic carbocycles. The molecular formula is C25H31N5O3S. The molecule has 180 valence electrons. The predicted molar refractivity (Wildman–Crippen MR) is 136 cm³/mol. The first-order valence-electron chi connectivity index (χ1n) is 11.7. The monoisotopic (exact) mass is 481 g/mol. The maximum Gasteiger partial charge on any atom is 0.263 e. The van der Waals surface area contributed by atoms with Gasteiger partial charge in [0.15, 0.2) is 0 Å². The summed E-state index contributed by atoms with van der Waals surface area (Å²) in [6, 6.07) is 9.91. The number of nitrogens with two attached hydrogens (primary N) is 2. The van der Waals surface area contributed by atoms with E-state index in [1.165, 1.54) is 11.3 Å². The van der Waals surface area contributed by atoms with E-state index < -0.39 is 0 Å². The van der Waals surface area contributed by atoms with Gasteiger partial charge in [0.25, 0.3) is 5.91 Å². The van der Waals surface area contributed by atoms with Crippen LogP contribution in [0.5, 0.6) is 5.75 Å². The van der Waals surface area contributed by atoms with Crippen molar-refractivity contribution in [1.29, 1.82) is 0 Å². The maximum atomic E-state index is 13.0. The van der Waals surface area contributed by atoms with Crippen molar-refractivity contribution in [2.24, 2.45) is 5.73 Å². The van der Waals surface area contributed by atoms with E-state index in [9.17, 15) is 4.79 Å². The van der Waals surface area contributed by atoms with E-state index in [4.69, 9.17) is 20.9 Å². The van der Waals surface area contributed by atoms with Crippen LogP contribution in [0.4, 0.5) is 11.4 Å². The number of nitrogens with zero attached hydrogens (tertiary/aromatic N) is 2. The number of nitrogen functional groups attached to an aromatic ring is 1. The van der Waals surface area contributed by atoms with Gasteiger partial charge in [0.1, 0.15) is 22.1 Å². The van der Waals surface area contributed by atoms with Gasteiger partial charge < -0.3 is 31.2 Å². The van der Waals surface area contributed by atoms with Crippen LogP contribution < -0.4 is 26.4 Å². The molecule has 3 atom stereocenters. The van der Waals surface area contributed by atoms with Crippen LogP contribution in [0.1, 0.15) is 34.8 Å². The average Bonchev–Trinajstić information content (AvgIpc) is 3.32. The number of carbonyl (C=O) groups excluding carboxylic acids is 1. The Balaban J connectivity index is 1.25. The molecule has 2 aromatic heterocycles. The van der Waals surface area contributed by atoms with Gasteiger partial charge >= 0.3 is 0 Å². The summed E-state index contributed by atoms with van der Waals surface area (Å²) in [5.41, 5.74) is 16.1. The summed E-state index contributed by atoms with van der Waals surface area (Å²) in [7, 11) is 0. The Morgan fingerprint density at radius 3 is 2.91 bits per heavy atom. The number of benzene rings is 1. The number of aryl methyl sites for hydroxylation is 1. The SMILES string of the molecule is Cc1ccc2c(N)c(C(=O)N[C@H]3COc4cc(N5C[C@H](OC(C)C)[C@@H](N)C5)ccc4C3)sc2n1. The number of thiophene rings is 1. The number of ether oxygens (including phenoxy) is 2. The number of pyridine rings is 1. The van der Waals surface area contributed by atoms with Crippen molar-refractivity contribution in [3.63, 3.8) is 0 Å².